The van der Waals surface area contributed by atoms with Crippen LogP contribution in [0.5, 0.6) is 23.0 Å². The molecule has 0 aliphatic carbocycles. The minimum atomic E-state index is -1.48. The van der Waals surface area contributed by atoms with Gasteiger partial charge in [0.1, 0.15) is 23.0 Å². The van der Waals surface area contributed by atoms with Crippen LogP contribution in [0.1, 0.15) is 55.2 Å². The van der Waals surface area contributed by atoms with Gasteiger partial charge in [-0.25, -0.2) is 0 Å². The van der Waals surface area contributed by atoms with Crippen LogP contribution in [0.2, 0.25) is 0 Å². The van der Waals surface area contributed by atoms with Gasteiger partial charge in [-0.15, -0.1) is 0 Å². The minimum absolute atomic E-state index is 0.00671. The molecule has 0 saturated carbocycles. The van der Waals surface area contributed by atoms with Gasteiger partial charge in [0, 0.05) is 23.8 Å². The number of carbonyl (C=O) groups is 2. The lowest BCUT2D eigenvalue weighted by atomic mass is 9.66. The summed E-state index contributed by atoms with van der Waals surface area (Å²) in [6.45, 7) is 2.67. The van der Waals surface area contributed by atoms with Crippen molar-refractivity contribution in [1.82, 2.24) is 0 Å². The second kappa shape index (κ2) is 12.1. The molecule has 39 heavy (non-hydrogen) atoms. The Morgan fingerprint density at radius 2 is 1.62 bits per heavy atom. The van der Waals surface area contributed by atoms with E-state index in [1.165, 1.54) is 0 Å². The fourth-order valence-corrected chi connectivity index (χ4v) is 5.29. The van der Waals surface area contributed by atoms with Crippen LogP contribution in [0.25, 0.3) is 0 Å². The maximum Gasteiger partial charge on any atom is 0.318 e. The molecule has 0 fully saturated rings. The van der Waals surface area contributed by atoms with Crippen LogP contribution in [0, 0.1) is 5.92 Å². The molecule has 1 aliphatic rings. The number of ether oxygens (including phenoxy) is 2. The number of benzene rings is 3. The van der Waals surface area contributed by atoms with Crippen molar-refractivity contribution < 1.29 is 39.5 Å². The number of aromatic hydroxyl groups is 2. The average molecular weight is 535 g/mol. The van der Waals surface area contributed by atoms with E-state index in [1.54, 1.807) is 24.3 Å². The van der Waals surface area contributed by atoms with E-state index < -0.39 is 17.9 Å². The van der Waals surface area contributed by atoms with Crippen molar-refractivity contribution in [2.24, 2.45) is 5.92 Å². The molecule has 3 aromatic carbocycles. The number of rotatable bonds is 12. The molecule has 4 rings (SSSR count). The molecule has 2 atom stereocenters. The number of aliphatic carboxylic acids is 2. The van der Waals surface area contributed by atoms with Crippen LogP contribution in [0.4, 0.5) is 0 Å². The van der Waals surface area contributed by atoms with Crippen molar-refractivity contribution in [3.8, 4) is 23.0 Å². The zero-order valence-corrected chi connectivity index (χ0v) is 21.9. The summed E-state index contributed by atoms with van der Waals surface area (Å²) in [4.78, 5) is 22.0. The van der Waals surface area contributed by atoms with Gasteiger partial charge in [0.25, 0.3) is 0 Å². The molecule has 0 radical (unpaired) electrons. The van der Waals surface area contributed by atoms with Crippen LogP contribution in [0.15, 0.2) is 66.7 Å². The largest absolute Gasteiger partial charge is 0.508 e. The van der Waals surface area contributed by atoms with E-state index in [0.29, 0.717) is 18.1 Å². The van der Waals surface area contributed by atoms with E-state index in [-0.39, 0.29) is 35.9 Å². The molecule has 4 N–H and O–H groups in total. The third-order valence-corrected chi connectivity index (χ3v) is 7.60. The molecule has 0 spiro atoms. The van der Waals surface area contributed by atoms with E-state index in [2.05, 4.69) is 6.92 Å². The predicted octanol–water partition coefficient (Wildman–Crippen LogP) is 5.50. The first-order valence-electron chi connectivity index (χ1n) is 13.1. The van der Waals surface area contributed by atoms with Crippen LogP contribution in [0.3, 0.4) is 0 Å². The lowest BCUT2D eigenvalue weighted by Crippen LogP contribution is -2.40. The maximum absolute atomic E-state index is 11.0. The fraction of sp³-hybridized carbons (Fsp3) is 0.355. The molecule has 3 aromatic rings. The second-order valence-electron chi connectivity index (χ2n) is 10.3. The van der Waals surface area contributed by atoms with Gasteiger partial charge in [-0.05, 0) is 66.3 Å². The number of carboxylic acids is 2. The van der Waals surface area contributed by atoms with Crippen molar-refractivity contribution in [2.45, 2.75) is 50.4 Å². The van der Waals surface area contributed by atoms with Gasteiger partial charge >= 0.3 is 11.9 Å². The van der Waals surface area contributed by atoms with E-state index >= 15 is 0 Å². The van der Waals surface area contributed by atoms with Crippen molar-refractivity contribution in [3.05, 3.63) is 83.4 Å². The first-order chi connectivity index (χ1) is 18.7. The van der Waals surface area contributed by atoms with Crippen molar-refractivity contribution in [1.29, 1.82) is 0 Å². The highest BCUT2D eigenvalue weighted by Gasteiger charge is 2.42. The topological polar surface area (TPSA) is 134 Å². The first-order valence-corrected chi connectivity index (χ1v) is 13.1. The van der Waals surface area contributed by atoms with Gasteiger partial charge in [-0.3, -0.25) is 9.59 Å². The van der Waals surface area contributed by atoms with Crippen molar-refractivity contribution in [3.63, 3.8) is 0 Å². The molecule has 206 valence electrons. The van der Waals surface area contributed by atoms with Crippen molar-refractivity contribution in [2.75, 3.05) is 13.2 Å². The van der Waals surface area contributed by atoms with Crippen LogP contribution in [-0.4, -0.2) is 45.6 Å². The number of hydrogen-bond acceptors (Lipinski definition) is 6. The monoisotopic (exact) mass is 534 g/mol. The zero-order valence-electron chi connectivity index (χ0n) is 21.9. The fourth-order valence-electron chi connectivity index (χ4n) is 5.29. The third-order valence-electron chi connectivity index (χ3n) is 7.60. The number of phenolic OH excluding ortho intramolecular Hbond substituents is 2. The Balaban J connectivity index is 1.35. The molecule has 8 nitrogen and oxygen atoms in total. The van der Waals surface area contributed by atoms with E-state index in [0.717, 1.165) is 42.4 Å². The molecule has 1 aliphatic heterocycles. The minimum Gasteiger partial charge on any atom is -0.508 e. The van der Waals surface area contributed by atoms with Crippen LogP contribution in [-0.2, 0) is 21.4 Å². The quantitative estimate of drug-likeness (QED) is 0.177. The number of aryl methyl sites for hydroxylation is 1. The summed E-state index contributed by atoms with van der Waals surface area (Å²) in [5.41, 5.74) is 3.02. The number of carboxylic acid groups (broad SMARTS) is 2. The summed E-state index contributed by atoms with van der Waals surface area (Å²) >= 11 is 0. The number of phenols is 2. The summed E-state index contributed by atoms with van der Waals surface area (Å²) in [5.74, 6) is -2.36. The second-order valence-corrected chi connectivity index (χ2v) is 10.3. The van der Waals surface area contributed by atoms with E-state index in [4.69, 9.17) is 19.7 Å². The molecular weight excluding hydrogens is 500 g/mol. The SMILES string of the molecule is CC1(c2ccc(O)cc2)COc2cc(O)ccc2C1CCCCc1ccc(OCCC(C(=O)O)C(=O)O)cc1. The van der Waals surface area contributed by atoms with Gasteiger partial charge in [-0.1, -0.05) is 43.7 Å². The highest BCUT2D eigenvalue weighted by Crippen LogP contribution is 2.49. The third kappa shape index (κ3) is 6.63. The summed E-state index contributed by atoms with van der Waals surface area (Å²) < 4.78 is 11.6. The van der Waals surface area contributed by atoms with Crippen LogP contribution < -0.4 is 9.47 Å². The zero-order chi connectivity index (χ0) is 28.0. The van der Waals surface area contributed by atoms with Gasteiger partial charge < -0.3 is 29.9 Å². The van der Waals surface area contributed by atoms with E-state index in [1.807, 2.05) is 42.5 Å². The Hall–Kier alpha value is -4.20. The Bertz CT molecular complexity index is 1270. The first kappa shape index (κ1) is 27.8. The molecule has 8 heteroatoms. The smallest absolute Gasteiger partial charge is 0.318 e. The summed E-state index contributed by atoms with van der Waals surface area (Å²) in [6.07, 6.45) is 3.64. The highest BCUT2D eigenvalue weighted by molar-refractivity contribution is 5.92. The Morgan fingerprint density at radius 1 is 0.949 bits per heavy atom. The van der Waals surface area contributed by atoms with Gasteiger partial charge in [0.15, 0.2) is 5.92 Å². The predicted molar refractivity (Wildman–Crippen MR) is 145 cm³/mol. The number of fused-ring (bicyclic) bond motifs is 1. The lowest BCUT2D eigenvalue weighted by molar-refractivity contribution is -0.155. The highest BCUT2D eigenvalue weighted by atomic mass is 16.5. The molecule has 0 aromatic heterocycles. The molecule has 1 heterocycles. The molecule has 2 unspecified atom stereocenters. The summed E-state index contributed by atoms with van der Waals surface area (Å²) in [5, 5.41) is 37.7. The Kier molecular flexibility index (Phi) is 8.64. The molecule has 0 bridgehead atoms. The Morgan fingerprint density at radius 3 is 2.28 bits per heavy atom. The molecule has 0 amide bonds. The average Bonchev–Trinajstić information content (AvgIpc) is 2.90. The standard InChI is InChI=1S/C31H34O8/c1-31(21-8-10-22(32)11-9-21)19-39-28-18-23(33)12-15-25(28)27(31)5-3-2-4-20-6-13-24(14-7-20)38-17-16-26(29(34)35)30(36)37/h6-15,18,26-27,32-33H,2-5,16-17,19H2,1H3,(H,34,35)(H,36,37). The lowest BCUT2D eigenvalue weighted by Gasteiger charge is -2.43. The maximum atomic E-state index is 11.0. The van der Waals surface area contributed by atoms with Gasteiger partial charge in [0.05, 0.1) is 13.2 Å². The van der Waals surface area contributed by atoms with Gasteiger partial charge in [0.2, 0.25) is 0 Å². The Labute approximate surface area is 227 Å². The summed E-state index contributed by atoms with van der Waals surface area (Å²) in [6, 6.07) is 20.2. The molecule has 0 saturated heterocycles. The van der Waals surface area contributed by atoms with Crippen LogP contribution >= 0.6 is 0 Å². The summed E-state index contributed by atoms with van der Waals surface area (Å²) in [7, 11) is 0. The van der Waals surface area contributed by atoms with Gasteiger partial charge in [-0.2, -0.15) is 0 Å². The normalized spacial score (nSPS) is 18.3. The number of hydrogen-bond donors (Lipinski definition) is 4. The van der Waals surface area contributed by atoms with E-state index in [9.17, 15) is 19.8 Å². The molecular formula is C31H34O8. The number of unbranched alkanes of at least 4 members (excludes halogenated alkanes) is 1. The van der Waals surface area contributed by atoms with Crippen molar-refractivity contribution >= 4 is 11.9 Å².